The van der Waals surface area contributed by atoms with Crippen LogP contribution < -0.4 is 10.6 Å². The molecule has 1 saturated heterocycles. The van der Waals surface area contributed by atoms with Gasteiger partial charge in [0.15, 0.2) is 0 Å². The molecule has 3 rings (SSSR count). The van der Waals surface area contributed by atoms with Gasteiger partial charge in [0.1, 0.15) is 0 Å². The highest BCUT2D eigenvalue weighted by molar-refractivity contribution is 7.80. The number of rotatable bonds is 7. The van der Waals surface area contributed by atoms with Crippen molar-refractivity contribution in [3.05, 3.63) is 65.7 Å². The summed E-state index contributed by atoms with van der Waals surface area (Å²) in [5.74, 6) is -0.781. The number of carbonyl (C=O) groups excluding carboxylic acids is 3. The van der Waals surface area contributed by atoms with Crippen molar-refractivity contribution in [3.63, 3.8) is 0 Å². The number of thiol groups is 1. The smallest absolute Gasteiger partial charge is 0.252 e. The molecule has 0 spiro atoms. The summed E-state index contributed by atoms with van der Waals surface area (Å²) in [6, 6.07) is 16.7. The number of likely N-dealkylation sites (tertiary alicyclic amines) is 1. The van der Waals surface area contributed by atoms with Crippen LogP contribution in [-0.2, 0) is 9.59 Å². The molecule has 2 atom stereocenters. The van der Waals surface area contributed by atoms with Gasteiger partial charge in [-0.1, -0.05) is 42.5 Å². The predicted molar refractivity (Wildman–Crippen MR) is 114 cm³/mol. The van der Waals surface area contributed by atoms with Gasteiger partial charge in [0, 0.05) is 31.0 Å². The normalized spacial score (nSPS) is 17.1. The van der Waals surface area contributed by atoms with E-state index in [1.165, 1.54) is 0 Å². The molecule has 0 aromatic heterocycles. The van der Waals surface area contributed by atoms with Crippen LogP contribution in [0.15, 0.2) is 59.5 Å². The number of carbonyl (C=O) groups is 3. The summed E-state index contributed by atoms with van der Waals surface area (Å²) in [6.07, 6.45) is 0.211. The molecule has 1 aliphatic heterocycles. The lowest BCUT2D eigenvalue weighted by atomic mass is 10.1. The first-order valence-corrected chi connectivity index (χ1v) is 10.1. The largest absolute Gasteiger partial charge is 0.354 e. The van der Waals surface area contributed by atoms with E-state index in [1.807, 2.05) is 43.3 Å². The van der Waals surface area contributed by atoms with Gasteiger partial charge in [-0.05, 0) is 24.6 Å². The molecular formula is C22H25N3O3S. The van der Waals surface area contributed by atoms with Crippen molar-refractivity contribution in [2.75, 3.05) is 19.6 Å². The van der Waals surface area contributed by atoms with Crippen LogP contribution in [0.25, 0.3) is 0 Å². The van der Waals surface area contributed by atoms with E-state index in [0.717, 1.165) is 5.56 Å². The van der Waals surface area contributed by atoms with E-state index in [2.05, 4.69) is 23.3 Å². The summed E-state index contributed by atoms with van der Waals surface area (Å²) in [5.41, 5.74) is 1.54. The quantitative estimate of drug-likeness (QED) is 0.484. The van der Waals surface area contributed by atoms with Gasteiger partial charge in [0.25, 0.3) is 5.91 Å². The molecule has 0 saturated carbocycles. The minimum atomic E-state index is -0.373. The van der Waals surface area contributed by atoms with Gasteiger partial charge in [0.2, 0.25) is 11.8 Å². The molecule has 2 aromatic carbocycles. The maximum Gasteiger partial charge on any atom is 0.252 e. The Bertz CT molecular complexity index is 888. The molecule has 0 bridgehead atoms. The van der Waals surface area contributed by atoms with Gasteiger partial charge in [-0.15, -0.1) is 12.6 Å². The Labute approximate surface area is 176 Å². The third-order valence-electron chi connectivity index (χ3n) is 5.14. The van der Waals surface area contributed by atoms with E-state index in [0.29, 0.717) is 30.1 Å². The predicted octanol–water partition coefficient (Wildman–Crippen LogP) is 2.43. The molecule has 1 fully saturated rings. The third kappa shape index (κ3) is 5.17. The lowest BCUT2D eigenvalue weighted by Crippen LogP contribution is -2.38. The van der Waals surface area contributed by atoms with Gasteiger partial charge in [0.05, 0.1) is 17.5 Å². The van der Waals surface area contributed by atoms with E-state index < -0.39 is 0 Å². The van der Waals surface area contributed by atoms with Gasteiger partial charge in [-0.3, -0.25) is 14.4 Å². The number of nitrogens with one attached hydrogen (secondary N) is 2. The van der Waals surface area contributed by atoms with Crippen LogP contribution in [0.1, 0.15) is 35.3 Å². The third-order valence-corrected chi connectivity index (χ3v) is 5.53. The first kappa shape index (κ1) is 20.9. The summed E-state index contributed by atoms with van der Waals surface area (Å²) in [6.45, 7) is 2.98. The van der Waals surface area contributed by atoms with Crippen molar-refractivity contribution in [1.29, 1.82) is 0 Å². The van der Waals surface area contributed by atoms with E-state index >= 15 is 0 Å². The summed E-state index contributed by atoms with van der Waals surface area (Å²) < 4.78 is 0. The van der Waals surface area contributed by atoms with Crippen molar-refractivity contribution in [2.45, 2.75) is 24.3 Å². The van der Waals surface area contributed by atoms with E-state index in [1.54, 1.807) is 23.1 Å². The van der Waals surface area contributed by atoms with Gasteiger partial charge >= 0.3 is 0 Å². The van der Waals surface area contributed by atoms with Crippen LogP contribution in [0.2, 0.25) is 0 Å². The lowest BCUT2D eigenvalue weighted by Gasteiger charge is -2.25. The van der Waals surface area contributed by atoms with Crippen molar-refractivity contribution in [2.24, 2.45) is 5.92 Å². The molecule has 1 aliphatic rings. The van der Waals surface area contributed by atoms with Crippen molar-refractivity contribution in [3.8, 4) is 0 Å². The second-order valence-corrected chi connectivity index (χ2v) is 7.58. The minimum Gasteiger partial charge on any atom is -0.354 e. The first-order chi connectivity index (χ1) is 14.0. The number of hydrogen-bond acceptors (Lipinski definition) is 4. The van der Waals surface area contributed by atoms with E-state index in [-0.39, 0.29) is 36.1 Å². The van der Waals surface area contributed by atoms with Gasteiger partial charge < -0.3 is 15.5 Å². The number of hydrogen-bond donors (Lipinski definition) is 3. The van der Waals surface area contributed by atoms with Crippen LogP contribution in [0, 0.1) is 5.92 Å². The molecule has 1 heterocycles. The molecule has 0 radical (unpaired) electrons. The molecule has 0 aliphatic carbocycles. The SMILES string of the molecule is CC(c1ccccc1)N1CC(C(=O)NCCNC(=O)c2ccccc2S)CC1=O. The van der Waals surface area contributed by atoms with Gasteiger partial charge in [-0.2, -0.15) is 0 Å². The Morgan fingerprint density at radius 3 is 2.45 bits per heavy atom. The van der Waals surface area contributed by atoms with Crippen LogP contribution in [0.4, 0.5) is 0 Å². The summed E-state index contributed by atoms with van der Waals surface area (Å²) >= 11 is 4.27. The Balaban J connectivity index is 1.45. The minimum absolute atomic E-state index is 0.0137. The highest BCUT2D eigenvalue weighted by Gasteiger charge is 2.36. The zero-order valence-corrected chi connectivity index (χ0v) is 17.2. The lowest BCUT2D eigenvalue weighted by molar-refractivity contribution is -0.130. The van der Waals surface area contributed by atoms with E-state index in [9.17, 15) is 14.4 Å². The summed E-state index contributed by atoms with van der Waals surface area (Å²) in [5, 5.41) is 5.58. The molecule has 2 aromatic rings. The molecule has 6 nitrogen and oxygen atoms in total. The molecular weight excluding hydrogens is 386 g/mol. The maximum atomic E-state index is 12.4. The maximum absolute atomic E-state index is 12.4. The average Bonchev–Trinajstić information content (AvgIpc) is 3.13. The molecule has 152 valence electrons. The number of benzene rings is 2. The standard InChI is InChI=1S/C22H25N3O3S/c1-15(16-7-3-2-4-8-16)25-14-17(13-20(25)26)21(27)23-11-12-24-22(28)18-9-5-6-10-19(18)29/h2-10,15,17,29H,11-14H2,1H3,(H,23,27)(H,24,28). The highest BCUT2D eigenvalue weighted by Crippen LogP contribution is 2.28. The second kappa shape index (κ2) is 9.60. The molecule has 2 N–H and O–H groups in total. The van der Waals surface area contributed by atoms with Crippen molar-refractivity contribution >= 4 is 30.4 Å². The Morgan fingerprint density at radius 1 is 1.07 bits per heavy atom. The van der Waals surface area contributed by atoms with Crippen LogP contribution in [-0.4, -0.2) is 42.3 Å². The van der Waals surface area contributed by atoms with Crippen molar-refractivity contribution < 1.29 is 14.4 Å². The fourth-order valence-electron chi connectivity index (χ4n) is 3.46. The fraction of sp³-hybridized carbons (Fsp3) is 0.318. The van der Waals surface area contributed by atoms with E-state index in [4.69, 9.17) is 0 Å². The molecule has 7 heteroatoms. The summed E-state index contributed by atoms with van der Waals surface area (Å²) in [7, 11) is 0. The Morgan fingerprint density at radius 2 is 1.72 bits per heavy atom. The number of nitrogens with zero attached hydrogens (tertiary/aromatic N) is 1. The zero-order chi connectivity index (χ0) is 20.8. The molecule has 3 amide bonds. The topological polar surface area (TPSA) is 78.5 Å². The van der Waals surface area contributed by atoms with Crippen LogP contribution >= 0.6 is 12.6 Å². The Kier molecular flexibility index (Phi) is 6.93. The summed E-state index contributed by atoms with van der Waals surface area (Å²) in [4.78, 5) is 39.3. The second-order valence-electron chi connectivity index (χ2n) is 7.10. The fourth-order valence-corrected chi connectivity index (χ4v) is 3.72. The highest BCUT2D eigenvalue weighted by atomic mass is 32.1. The Hall–Kier alpha value is -2.80. The average molecular weight is 412 g/mol. The molecule has 2 unspecified atom stereocenters. The molecule has 29 heavy (non-hydrogen) atoms. The van der Waals surface area contributed by atoms with Gasteiger partial charge in [-0.25, -0.2) is 0 Å². The van der Waals surface area contributed by atoms with Crippen molar-refractivity contribution in [1.82, 2.24) is 15.5 Å². The van der Waals surface area contributed by atoms with Crippen LogP contribution in [0.3, 0.4) is 0 Å². The first-order valence-electron chi connectivity index (χ1n) is 9.65. The van der Waals surface area contributed by atoms with Crippen LogP contribution in [0.5, 0.6) is 0 Å². The zero-order valence-electron chi connectivity index (χ0n) is 16.3. The monoisotopic (exact) mass is 411 g/mol. The number of amides is 3.